The van der Waals surface area contributed by atoms with Crippen molar-refractivity contribution in [2.45, 2.75) is 98.1 Å². The third-order valence-electron chi connectivity index (χ3n) is 7.42. The third kappa shape index (κ3) is 2.79. The Morgan fingerprint density at radius 2 is 1.78 bits per heavy atom. The Bertz CT molecular complexity index is 708. The van der Waals surface area contributed by atoms with Crippen LogP contribution in [0.4, 0.5) is 0 Å². The van der Waals surface area contributed by atoms with Crippen LogP contribution in [0, 0.1) is 16.7 Å². The van der Waals surface area contributed by atoms with Gasteiger partial charge in [-0.1, -0.05) is 20.8 Å². The molecular formula is C20H35NO5S. The van der Waals surface area contributed by atoms with Gasteiger partial charge in [0.05, 0.1) is 11.2 Å². The number of esters is 1. The fourth-order valence-electron chi connectivity index (χ4n) is 6.13. The van der Waals surface area contributed by atoms with Crippen molar-refractivity contribution in [3.8, 4) is 0 Å². The number of fused-ring (bicyclic) bond motifs is 3. The summed E-state index contributed by atoms with van der Waals surface area (Å²) in [7, 11) is -3.56. The fraction of sp³-hybridized carbons (Fsp3) is 0.950. The maximum Gasteiger partial charge on any atom is 0.337 e. The van der Waals surface area contributed by atoms with Crippen LogP contribution in [-0.2, 0) is 24.3 Å². The summed E-state index contributed by atoms with van der Waals surface area (Å²) in [5, 5.41) is 0. The molecule has 1 saturated heterocycles. The van der Waals surface area contributed by atoms with Gasteiger partial charge >= 0.3 is 5.97 Å². The summed E-state index contributed by atoms with van der Waals surface area (Å²) in [6, 6.07) is -0.251. The minimum Gasteiger partial charge on any atom is -0.430 e. The Labute approximate surface area is 164 Å². The van der Waals surface area contributed by atoms with Gasteiger partial charge in [-0.15, -0.1) is 0 Å². The Morgan fingerprint density at radius 1 is 1.19 bits per heavy atom. The van der Waals surface area contributed by atoms with Crippen molar-refractivity contribution in [3.63, 3.8) is 0 Å². The zero-order valence-electron chi connectivity index (χ0n) is 17.7. The van der Waals surface area contributed by atoms with Gasteiger partial charge in [0.2, 0.25) is 15.8 Å². The lowest BCUT2D eigenvalue weighted by molar-refractivity contribution is -0.241. The molecule has 2 bridgehead atoms. The number of carbonyl (C=O) groups is 1. The summed E-state index contributed by atoms with van der Waals surface area (Å²) in [4.78, 5) is 12.4. The van der Waals surface area contributed by atoms with Crippen LogP contribution in [0.5, 0.6) is 0 Å². The van der Waals surface area contributed by atoms with Gasteiger partial charge in [0.25, 0.3) is 0 Å². The SMILES string of the molecule is CC[C@H]1O[C@@]2(C[C@H]3CC[C@]2(CS(=O)(=O)N(C(C)C)C(C)C)C3(C)C)OC1=O. The van der Waals surface area contributed by atoms with Gasteiger partial charge in [0.1, 0.15) is 0 Å². The Hall–Kier alpha value is -0.660. The molecule has 0 aromatic carbocycles. The van der Waals surface area contributed by atoms with E-state index in [-0.39, 0.29) is 29.2 Å². The topological polar surface area (TPSA) is 72.9 Å². The van der Waals surface area contributed by atoms with E-state index in [1.165, 1.54) is 0 Å². The summed E-state index contributed by atoms with van der Waals surface area (Å²) >= 11 is 0. The lowest BCUT2D eigenvalue weighted by atomic mass is 9.68. The van der Waals surface area contributed by atoms with Gasteiger partial charge < -0.3 is 9.47 Å². The fourth-order valence-corrected chi connectivity index (χ4v) is 8.92. The molecule has 0 amide bonds. The number of sulfonamides is 1. The first-order chi connectivity index (χ1) is 12.3. The number of hydrogen-bond acceptors (Lipinski definition) is 5. The molecule has 0 aromatic rings. The van der Waals surface area contributed by atoms with Gasteiger partial charge in [-0.3, -0.25) is 0 Å². The van der Waals surface area contributed by atoms with Gasteiger partial charge in [-0.05, 0) is 58.3 Å². The summed E-state index contributed by atoms with van der Waals surface area (Å²) < 4.78 is 40.8. The second-order valence-corrected chi connectivity index (χ2v) is 11.6. The monoisotopic (exact) mass is 401 g/mol. The summed E-state index contributed by atoms with van der Waals surface area (Å²) in [6.45, 7) is 13.8. The minimum absolute atomic E-state index is 0.0381. The van der Waals surface area contributed by atoms with Crippen LogP contribution in [0.25, 0.3) is 0 Å². The van der Waals surface area contributed by atoms with Crippen molar-refractivity contribution in [3.05, 3.63) is 0 Å². The van der Waals surface area contributed by atoms with Crippen LogP contribution >= 0.6 is 0 Å². The highest BCUT2D eigenvalue weighted by atomic mass is 32.2. The molecule has 156 valence electrons. The predicted molar refractivity (Wildman–Crippen MR) is 103 cm³/mol. The molecule has 0 aromatic heterocycles. The van der Waals surface area contributed by atoms with E-state index in [2.05, 4.69) is 13.8 Å². The molecule has 3 rings (SSSR count). The quantitative estimate of drug-likeness (QED) is 0.639. The summed E-state index contributed by atoms with van der Waals surface area (Å²) in [5.74, 6) is -1.20. The average molecular weight is 402 g/mol. The van der Waals surface area contributed by atoms with E-state index in [0.717, 1.165) is 6.42 Å². The first-order valence-electron chi connectivity index (χ1n) is 10.3. The van der Waals surface area contributed by atoms with Crippen LogP contribution < -0.4 is 0 Å². The van der Waals surface area contributed by atoms with Gasteiger partial charge in [0, 0.05) is 18.5 Å². The molecule has 4 atom stereocenters. The van der Waals surface area contributed by atoms with Crippen LogP contribution in [0.1, 0.15) is 74.1 Å². The number of hydrogen-bond donors (Lipinski definition) is 0. The van der Waals surface area contributed by atoms with E-state index in [0.29, 0.717) is 25.2 Å². The van der Waals surface area contributed by atoms with Crippen molar-refractivity contribution >= 4 is 16.0 Å². The van der Waals surface area contributed by atoms with E-state index < -0.39 is 27.3 Å². The molecule has 6 nitrogen and oxygen atoms in total. The van der Waals surface area contributed by atoms with Crippen molar-refractivity contribution in [1.29, 1.82) is 0 Å². The summed E-state index contributed by atoms with van der Waals surface area (Å²) in [6.07, 6.45) is 2.20. The highest BCUT2D eigenvalue weighted by Gasteiger charge is 2.77. The van der Waals surface area contributed by atoms with E-state index in [4.69, 9.17) is 9.47 Å². The second kappa shape index (κ2) is 6.42. The predicted octanol–water partition coefficient (Wildman–Crippen LogP) is 3.31. The van der Waals surface area contributed by atoms with Crippen molar-refractivity contribution < 1.29 is 22.7 Å². The Morgan fingerprint density at radius 3 is 2.22 bits per heavy atom. The molecule has 3 fully saturated rings. The van der Waals surface area contributed by atoms with Crippen LogP contribution in [-0.4, -0.2) is 48.4 Å². The Kier molecular flexibility index (Phi) is 5.01. The molecule has 2 saturated carbocycles. The summed E-state index contributed by atoms with van der Waals surface area (Å²) in [5.41, 5.74) is -0.992. The smallest absolute Gasteiger partial charge is 0.337 e. The van der Waals surface area contributed by atoms with E-state index >= 15 is 0 Å². The zero-order valence-corrected chi connectivity index (χ0v) is 18.6. The standard InChI is InChI=1S/C20H35NO5S/c1-8-16-17(22)26-20(25-16)11-15-9-10-19(20,18(15,6)7)12-27(23,24)21(13(2)3)14(4)5/h13-16H,8-12H2,1-7H3/t15-,16-,19+,20+/m1/s1. The van der Waals surface area contributed by atoms with Gasteiger partial charge in [-0.2, -0.15) is 4.31 Å². The van der Waals surface area contributed by atoms with Crippen LogP contribution in [0.15, 0.2) is 0 Å². The first kappa shape index (κ1) is 21.1. The highest BCUT2D eigenvalue weighted by molar-refractivity contribution is 7.89. The van der Waals surface area contributed by atoms with Crippen molar-refractivity contribution in [1.82, 2.24) is 4.31 Å². The van der Waals surface area contributed by atoms with Crippen LogP contribution in [0.2, 0.25) is 0 Å². The molecule has 3 aliphatic rings. The first-order valence-corrected chi connectivity index (χ1v) is 11.9. The second-order valence-electron chi connectivity index (χ2n) is 9.71. The van der Waals surface area contributed by atoms with Crippen molar-refractivity contribution in [2.75, 3.05) is 5.75 Å². The molecule has 1 heterocycles. The maximum absolute atomic E-state index is 13.5. The normalized spacial score (nSPS) is 37.9. The van der Waals surface area contributed by atoms with Crippen molar-refractivity contribution in [2.24, 2.45) is 16.7 Å². The lowest BCUT2D eigenvalue weighted by Crippen LogP contribution is -2.57. The molecule has 7 heteroatoms. The molecule has 0 unspecified atom stereocenters. The number of ether oxygens (including phenoxy) is 2. The van der Waals surface area contributed by atoms with Crippen LogP contribution in [0.3, 0.4) is 0 Å². The largest absolute Gasteiger partial charge is 0.430 e. The minimum atomic E-state index is -3.56. The van der Waals surface area contributed by atoms with E-state index in [1.807, 2.05) is 34.6 Å². The molecule has 1 spiro atoms. The molecule has 27 heavy (non-hydrogen) atoms. The van der Waals surface area contributed by atoms with Gasteiger partial charge in [-0.25, -0.2) is 13.2 Å². The average Bonchev–Trinajstić information content (AvgIpc) is 3.01. The zero-order chi connectivity index (χ0) is 20.4. The Balaban J connectivity index is 2.06. The number of rotatable bonds is 6. The van der Waals surface area contributed by atoms with Gasteiger partial charge in [0.15, 0.2) is 6.10 Å². The third-order valence-corrected chi connectivity index (χ3v) is 9.76. The molecular weight excluding hydrogens is 366 g/mol. The lowest BCUT2D eigenvalue weighted by Gasteiger charge is -2.47. The molecule has 1 aliphatic heterocycles. The number of nitrogens with zero attached hydrogens (tertiary/aromatic N) is 1. The van der Waals surface area contributed by atoms with E-state index in [9.17, 15) is 13.2 Å². The molecule has 0 radical (unpaired) electrons. The molecule has 0 N–H and O–H groups in total. The van der Waals surface area contributed by atoms with E-state index in [1.54, 1.807) is 4.31 Å². The maximum atomic E-state index is 13.5. The highest BCUT2D eigenvalue weighted by Crippen LogP contribution is 2.72. The molecule has 2 aliphatic carbocycles. The number of carbonyl (C=O) groups excluding carboxylic acids is 1.